The molecule has 2 N–H and O–H groups in total. The molecule has 1 unspecified atom stereocenters. The lowest BCUT2D eigenvalue weighted by molar-refractivity contribution is 0.0948. The summed E-state index contributed by atoms with van der Waals surface area (Å²) < 4.78 is 0.954. The molecule has 82 valence electrons. The van der Waals surface area contributed by atoms with Gasteiger partial charge in [0, 0.05) is 16.6 Å². The molecule has 0 saturated heterocycles. The van der Waals surface area contributed by atoms with Gasteiger partial charge < -0.3 is 10.4 Å². The van der Waals surface area contributed by atoms with Gasteiger partial charge in [0.15, 0.2) is 5.78 Å². The fourth-order valence-electron chi connectivity index (χ4n) is 1.24. The molecule has 3 nitrogen and oxygen atoms in total. The molecule has 0 heterocycles. The van der Waals surface area contributed by atoms with Gasteiger partial charge >= 0.3 is 0 Å². The van der Waals surface area contributed by atoms with E-state index < -0.39 is 0 Å². The quantitative estimate of drug-likeness (QED) is 0.800. The van der Waals surface area contributed by atoms with E-state index in [0.29, 0.717) is 12.1 Å². The van der Waals surface area contributed by atoms with Crippen LogP contribution in [0, 0.1) is 0 Å². The van der Waals surface area contributed by atoms with Crippen LogP contribution in [0.5, 0.6) is 0 Å². The highest BCUT2D eigenvalue weighted by atomic mass is 79.9. The van der Waals surface area contributed by atoms with E-state index in [-0.39, 0.29) is 18.4 Å². The summed E-state index contributed by atoms with van der Waals surface area (Å²) in [7, 11) is 0. The van der Waals surface area contributed by atoms with Crippen molar-refractivity contribution in [2.45, 2.75) is 13.0 Å². The summed E-state index contributed by atoms with van der Waals surface area (Å²) in [6.07, 6.45) is 0. The van der Waals surface area contributed by atoms with E-state index in [0.717, 1.165) is 4.47 Å². The van der Waals surface area contributed by atoms with Crippen molar-refractivity contribution >= 4 is 21.7 Å². The lowest BCUT2D eigenvalue weighted by Gasteiger charge is -2.11. The molecule has 0 saturated carbocycles. The van der Waals surface area contributed by atoms with Crippen molar-refractivity contribution in [3.8, 4) is 0 Å². The zero-order chi connectivity index (χ0) is 11.3. The smallest absolute Gasteiger partial charge is 0.179 e. The van der Waals surface area contributed by atoms with Crippen LogP contribution >= 0.6 is 15.9 Å². The highest BCUT2D eigenvalue weighted by molar-refractivity contribution is 9.10. The standard InChI is InChI=1S/C11H14BrNO2/c1-8(13-6-7-14)11(15)9-2-4-10(12)5-3-9/h2-5,8,13-14H,6-7H2,1H3. The first-order valence-corrected chi connectivity index (χ1v) is 5.58. The summed E-state index contributed by atoms with van der Waals surface area (Å²) in [6.45, 7) is 2.27. The van der Waals surface area contributed by atoms with E-state index in [1.54, 1.807) is 19.1 Å². The summed E-state index contributed by atoms with van der Waals surface area (Å²) in [5, 5.41) is 11.6. The first kappa shape index (κ1) is 12.4. The minimum Gasteiger partial charge on any atom is -0.395 e. The number of ketones is 1. The number of hydrogen-bond acceptors (Lipinski definition) is 3. The van der Waals surface area contributed by atoms with E-state index >= 15 is 0 Å². The van der Waals surface area contributed by atoms with Crippen LogP contribution in [0.1, 0.15) is 17.3 Å². The van der Waals surface area contributed by atoms with E-state index in [2.05, 4.69) is 21.2 Å². The van der Waals surface area contributed by atoms with Crippen LogP contribution in [0.3, 0.4) is 0 Å². The summed E-state index contributed by atoms with van der Waals surface area (Å²) in [5.74, 6) is 0.0379. The molecule has 0 radical (unpaired) electrons. The van der Waals surface area contributed by atoms with Gasteiger partial charge in [-0.2, -0.15) is 0 Å². The molecule has 0 aliphatic rings. The van der Waals surface area contributed by atoms with Crippen LogP contribution in [-0.4, -0.2) is 30.1 Å². The number of aliphatic hydroxyl groups excluding tert-OH is 1. The van der Waals surface area contributed by atoms with Crippen molar-refractivity contribution in [3.63, 3.8) is 0 Å². The van der Waals surface area contributed by atoms with Gasteiger partial charge in [-0.25, -0.2) is 0 Å². The first-order chi connectivity index (χ1) is 7.15. The summed E-state index contributed by atoms with van der Waals surface area (Å²) in [4.78, 5) is 11.8. The second kappa shape index (κ2) is 6.00. The van der Waals surface area contributed by atoms with Crippen molar-refractivity contribution in [3.05, 3.63) is 34.3 Å². The number of rotatable bonds is 5. The number of Topliss-reactive ketones (excluding diaryl/α,β-unsaturated/α-hetero) is 1. The van der Waals surface area contributed by atoms with E-state index in [1.165, 1.54) is 0 Å². The number of benzene rings is 1. The predicted octanol–water partition coefficient (Wildman–Crippen LogP) is 1.60. The maximum Gasteiger partial charge on any atom is 0.179 e. The molecular weight excluding hydrogens is 258 g/mol. The lowest BCUT2D eigenvalue weighted by atomic mass is 10.1. The Hall–Kier alpha value is -0.710. The largest absolute Gasteiger partial charge is 0.395 e. The summed E-state index contributed by atoms with van der Waals surface area (Å²) in [6, 6.07) is 6.98. The average molecular weight is 272 g/mol. The van der Waals surface area contributed by atoms with Crippen LogP contribution in [-0.2, 0) is 0 Å². The number of halogens is 1. The Labute approximate surface area is 97.6 Å². The topological polar surface area (TPSA) is 49.3 Å². The number of aliphatic hydroxyl groups is 1. The van der Waals surface area contributed by atoms with E-state index in [9.17, 15) is 4.79 Å². The molecule has 0 fully saturated rings. The molecule has 0 aliphatic carbocycles. The monoisotopic (exact) mass is 271 g/mol. The molecule has 1 atom stereocenters. The Bertz CT molecular complexity index is 324. The highest BCUT2D eigenvalue weighted by Crippen LogP contribution is 2.11. The SMILES string of the molecule is CC(NCCO)C(=O)c1ccc(Br)cc1. The maximum atomic E-state index is 11.8. The second-order valence-corrected chi connectivity index (χ2v) is 4.19. The zero-order valence-corrected chi connectivity index (χ0v) is 10.1. The maximum absolute atomic E-state index is 11.8. The number of carbonyl (C=O) groups excluding carboxylic acids is 1. The van der Waals surface area contributed by atoms with Crippen molar-refractivity contribution in [2.24, 2.45) is 0 Å². The van der Waals surface area contributed by atoms with Gasteiger partial charge in [-0.15, -0.1) is 0 Å². The molecule has 1 aromatic carbocycles. The molecule has 15 heavy (non-hydrogen) atoms. The summed E-state index contributed by atoms with van der Waals surface area (Å²) >= 11 is 3.31. The van der Waals surface area contributed by atoms with Gasteiger partial charge in [0.1, 0.15) is 0 Å². The molecule has 4 heteroatoms. The van der Waals surface area contributed by atoms with Gasteiger partial charge in [-0.1, -0.05) is 28.1 Å². The third kappa shape index (κ3) is 3.74. The zero-order valence-electron chi connectivity index (χ0n) is 8.53. The first-order valence-electron chi connectivity index (χ1n) is 4.79. The van der Waals surface area contributed by atoms with Gasteiger partial charge in [-0.3, -0.25) is 4.79 Å². The van der Waals surface area contributed by atoms with Crippen molar-refractivity contribution in [1.29, 1.82) is 0 Å². The molecule has 1 aromatic rings. The third-order valence-corrected chi connectivity index (χ3v) is 2.61. The molecular formula is C11H14BrNO2. The van der Waals surface area contributed by atoms with Crippen LogP contribution in [0.25, 0.3) is 0 Å². The Morgan fingerprint density at radius 1 is 1.47 bits per heavy atom. The van der Waals surface area contributed by atoms with Crippen LogP contribution in [0.4, 0.5) is 0 Å². The van der Waals surface area contributed by atoms with Crippen LogP contribution < -0.4 is 5.32 Å². The van der Waals surface area contributed by atoms with Crippen molar-refractivity contribution in [1.82, 2.24) is 5.32 Å². The van der Waals surface area contributed by atoms with Gasteiger partial charge in [-0.05, 0) is 19.1 Å². The number of carbonyl (C=O) groups is 1. The normalized spacial score (nSPS) is 12.5. The van der Waals surface area contributed by atoms with E-state index in [1.807, 2.05) is 12.1 Å². The lowest BCUT2D eigenvalue weighted by Crippen LogP contribution is -2.35. The van der Waals surface area contributed by atoms with Gasteiger partial charge in [0.25, 0.3) is 0 Å². The minimum atomic E-state index is -0.265. The predicted molar refractivity (Wildman–Crippen MR) is 63.0 cm³/mol. The minimum absolute atomic E-state index is 0.0379. The Kier molecular flexibility index (Phi) is 4.94. The number of hydrogen-bond donors (Lipinski definition) is 2. The number of nitrogens with one attached hydrogen (secondary N) is 1. The van der Waals surface area contributed by atoms with E-state index in [4.69, 9.17) is 5.11 Å². The molecule has 0 bridgehead atoms. The van der Waals surface area contributed by atoms with Crippen molar-refractivity contribution < 1.29 is 9.90 Å². The molecule has 0 aliphatic heterocycles. The fraction of sp³-hybridized carbons (Fsp3) is 0.364. The Morgan fingerprint density at radius 3 is 2.60 bits per heavy atom. The average Bonchev–Trinajstić information content (AvgIpc) is 2.26. The van der Waals surface area contributed by atoms with Gasteiger partial charge in [0.05, 0.1) is 12.6 Å². The van der Waals surface area contributed by atoms with Crippen molar-refractivity contribution in [2.75, 3.05) is 13.2 Å². The van der Waals surface area contributed by atoms with Gasteiger partial charge in [0.2, 0.25) is 0 Å². The molecule has 0 aromatic heterocycles. The second-order valence-electron chi connectivity index (χ2n) is 3.27. The molecule has 0 amide bonds. The molecule has 1 rings (SSSR count). The molecule has 0 spiro atoms. The van der Waals surface area contributed by atoms with Crippen LogP contribution in [0.2, 0.25) is 0 Å². The third-order valence-electron chi connectivity index (χ3n) is 2.08. The van der Waals surface area contributed by atoms with Crippen LogP contribution in [0.15, 0.2) is 28.7 Å². The Morgan fingerprint density at radius 2 is 2.07 bits per heavy atom. The highest BCUT2D eigenvalue weighted by Gasteiger charge is 2.13. The summed E-state index contributed by atoms with van der Waals surface area (Å²) in [5.41, 5.74) is 0.677. The Balaban J connectivity index is 2.63. The fourth-order valence-corrected chi connectivity index (χ4v) is 1.50.